The van der Waals surface area contributed by atoms with Gasteiger partial charge in [-0.15, -0.1) is 11.8 Å². The first-order valence-corrected chi connectivity index (χ1v) is 4.16. The predicted octanol–water partition coefficient (Wildman–Crippen LogP) is 1.66. The molecular weight excluding hydrogens is 146 g/mol. The lowest BCUT2D eigenvalue weighted by molar-refractivity contribution is 0.360. The lowest BCUT2D eigenvalue weighted by atomic mass is 10.6. The molecule has 0 aromatic carbocycles. The first-order valence-electron chi connectivity index (χ1n) is 3.17. The Morgan fingerprint density at radius 1 is 1.70 bits per heavy atom. The molecule has 0 aromatic rings. The van der Waals surface area contributed by atoms with E-state index in [4.69, 9.17) is 5.11 Å². The summed E-state index contributed by atoms with van der Waals surface area (Å²) in [5.74, 6) is 0.937. The quantitative estimate of drug-likeness (QED) is 0.502. The topological polar surface area (TPSA) is 32.6 Å². The van der Waals surface area contributed by atoms with Gasteiger partial charge in [0, 0.05) is 5.70 Å². The van der Waals surface area contributed by atoms with E-state index in [1.807, 2.05) is 13.8 Å². The second-order valence-corrected chi connectivity index (χ2v) is 3.17. The zero-order chi connectivity index (χ0) is 7.98. The fourth-order valence-electron chi connectivity index (χ4n) is 0.493. The maximum Gasteiger partial charge on any atom is 0.0989 e. The Bertz CT molecular complexity index is 143. The highest BCUT2D eigenvalue weighted by Crippen LogP contribution is 2.05. The van der Waals surface area contributed by atoms with Crippen LogP contribution in [0.1, 0.15) is 13.8 Å². The Balaban J connectivity index is 3.91. The molecule has 0 aliphatic carbocycles. The van der Waals surface area contributed by atoms with Crippen LogP contribution in [0.4, 0.5) is 0 Å². The van der Waals surface area contributed by atoms with Crippen LogP contribution >= 0.6 is 11.8 Å². The number of nitrogens with zero attached hydrogens (tertiary/aromatic N) is 1. The van der Waals surface area contributed by atoms with E-state index in [0.717, 1.165) is 16.5 Å². The van der Waals surface area contributed by atoms with Crippen molar-refractivity contribution in [2.75, 3.05) is 12.4 Å². The number of thioether (sulfide) groups is 1. The Morgan fingerprint density at radius 2 is 2.30 bits per heavy atom. The molecule has 0 rings (SSSR count). The van der Waals surface area contributed by atoms with E-state index in [9.17, 15) is 0 Å². The van der Waals surface area contributed by atoms with Gasteiger partial charge < -0.3 is 5.11 Å². The van der Waals surface area contributed by atoms with Crippen LogP contribution in [-0.2, 0) is 0 Å². The van der Waals surface area contributed by atoms with Gasteiger partial charge in [0.05, 0.1) is 11.7 Å². The summed E-state index contributed by atoms with van der Waals surface area (Å²) in [5, 5.41) is 9.46. The Kier molecular flexibility index (Phi) is 5.35. The second-order valence-electron chi connectivity index (χ2n) is 1.83. The van der Waals surface area contributed by atoms with E-state index in [-0.39, 0.29) is 6.61 Å². The molecule has 0 aromatic heterocycles. The van der Waals surface area contributed by atoms with E-state index in [2.05, 4.69) is 11.6 Å². The van der Waals surface area contributed by atoms with Gasteiger partial charge in [-0.25, -0.2) is 4.99 Å². The number of allylic oxidation sites excluding steroid dienone is 1. The lowest BCUT2D eigenvalue weighted by Crippen LogP contribution is -1.99. The molecule has 0 saturated heterocycles. The largest absolute Gasteiger partial charge is 0.389 e. The molecule has 1 N–H and O–H groups in total. The third-order valence-corrected chi connectivity index (χ3v) is 1.60. The van der Waals surface area contributed by atoms with Crippen molar-refractivity contribution in [3.05, 3.63) is 12.3 Å². The van der Waals surface area contributed by atoms with Crippen molar-refractivity contribution >= 4 is 16.8 Å². The highest BCUT2D eigenvalue weighted by atomic mass is 32.2. The van der Waals surface area contributed by atoms with Gasteiger partial charge in [0.25, 0.3) is 0 Å². The van der Waals surface area contributed by atoms with Crippen molar-refractivity contribution in [3.8, 4) is 0 Å². The lowest BCUT2D eigenvalue weighted by Gasteiger charge is -1.98. The van der Waals surface area contributed by atoms with E-state index in [1.165, 1.54) is 0 Å². The third kappa shape index (κ3) is 4.58. The van der Waals surface area contributed by atoms with Gasteiger partial charge in [-0.2, -0.15) is 0 Å². The smallest absolute Gasteiger partial charge is 0.0989 e. The number of aliphatic hydroxyl groups is 1. The summed E-state index contributed by atoms with van der Waals surface area (Å²) in [5.41, 5.74) is 0.741. The summed E-state index contributed by atoms with van der Waals surface area (Å²) in [6.45, 7) is 7.47. The van der Waals surface area contributed by atoms with Crippen molar-refractivity contribution in [2.45, 2.75) is 13.8 Å². The maximum absolute atomic E-state index is 8.71. The molecule has 0 atom stereocenters. The molecule has 2 nitrogen and oxygen atoms in total. The highest BCUT2D eigenvalue weighted by molar-refractivity contribution is 8.14. The van der Waals surface area contributed by atoms with Crippen LogP contribution in [0.2, 0.25) is 0 Å². The Hall–Kier alpha value is -0.280. The van der Waals surface area contributed by atoms with Crippen LogP contribution in [0, 0.1) is 0 Å². The minimum absolute atomic E-state index is 0.0192. The van der Waals surface area contributed by atoms with Gasteiger partial charge in [0.15, 0.2) is 0 Å². The molecule has 0 unspecified atom stereocenters. The molecule has 0 bridgehead atoms. The normalized spacial score (nSPS) is 11.7. The molecule has 0 spiro atoms. The minimum atomic E-state index is 0.0192. The van der Waals surface area contributed by atoms with Gasteiger partial charge in [0.1, 0.15) is 0 Å². The SMILES string of the molecule is C=C(C)N=C(CO)SCC. The molecule has 3 heteroatoms. The second kappa shape index (κ2) is 5.50. The fourth-order valence-corrected chi connectivity index (χ4v) is 1.14. The molecule has 0 saturated carbocycles. The van der Waals surface area contributed by atoms with Crippen molar-refractivity contribution in [1.82, 2.24) is 0 Å². The molecule has 58 valence electrons. The monoisotopic (exact) mass is 159 g/mol. The van der Waals surface area contributed by atoms with E-state index in [1.54, 1.807) is 11.8 Å². The fraction of sp³-hybridized carbons (Fsp3) is 0.571. The van der Waals surface area contributed by atoms with Gasteiger partial charge in [0.2, 0.25) is 0 Å². The number of aliphatic hydroxyl groups excluding tert-OH is 1. The summed E-state index contributed by atoms with van der Waals surface area (Å²) in [6.07, 6.45) is 0. The molecule has 0 aliphatic heterocycles. The predicted molar refractivity (Wildman–Crippen MR) is 47.5 cm³/mol. The van der Waals surface area contributed by atoms with E-state index < -0.39 is 0 Å². The maximum atomic E-state index is 8.71. The molecule has 10 heavy (non-hydrogen) atoms. The molecule has 0 amide bonds. The van der Waals surface area contributed by atoms with Crippen molar-refractivity contribution in [3.63, 3.8) is 0 Å². The van der Waals surface area contributed by atoms with Crippen LogP contribution in [0.5, 0.6) is 0 Å². The average Bonchev–Trinajstić information content (AvgIpc) is 1.86. The molecular formula is C7H13NOS. The third-order valence-electron chi connectivity index (χ3n) is 0.762. The number of hydrogen-bond donors (Lipinski definition) is 1. The standard InChI is InChI=1S/C7H13NOS/c1-4-10-7(5-9)8-6(2)3/h9H,2,4-5H2,1,3H3. The summed E-state index contributed by atoms with van der Waals surface area (Å²) in [4.78, 5) is 4.02. The van der Waals surface area contributed by atoms with Crippen LogP contribution in [0.3, 0.4) is 0 Å². The van der Waals surface area contributed by atoms with Crippen LogP contribution < -0.4 is 0 Å². The van der Waals surface area contributed by atoms with Crippen molar-refractivity contribution in [2.24, 2.45) is 4.99 Å². The Morgan fingerprint density at radius 3 is 2.60 bits per heavy atom. The van der Waals surface area contributed by atoms with E-state index >= 15 is 0 Å². The number of rotatable bonds is 3. The molecule has 0 heterocycles. The highest BCUT2D eigenvalue weighted by Gasteiger charge is 1.94. The summed E-state index contributed by atoms with van der Waals surface area (Å²) in [6, 6.07) is 0. The van der Waals surface area contributed by atoms with Gasteiger partial charge >= 0.3 is 0 Å². The average molecular weight is 159 g/mol. The first kappa shape index (κ1) is 9.72. The molecule has 0 radical (unpaired) electrons. The van der Waals surface area contributed by atoms with Crippen molar-refractivity contribution in [1.29, 1.82) is 0 Å². The summed E-state index contributed by atoms with van der Waals surface area (Å²) in [7, 11) is 0. The summed E-state index contributed by atoms with van der Waals surface area (Å²) >= 11 is 1.54. The van der Waals surface area contributed by atoms with Crippen LogP contribution in [0.25, 0.3) is 0 Å². The van der Waals surface area contributed by atoms with Gasteiger partial charge in [-0.1, -0.05) is 13.5 Å². The number of hydrogen-bond acceptors (Lipinski definition) is 3. The molecule has 0 aliphatic rings. The zero-order valence-electron chi connectivity index (χ0n) is 6.42. The van der Waals surface area contributed by atoms with E-state index in [0.29, 0.717) is 0 Å². The van der Waals surface area contributed by atoms with Gasteiger partial charge in [-0.05, 0) is 12.7 Å². The summed E-state index contributed by atoms with van der Waals surface area (Å²) < 4.78 is 0. The van der Waals surface area contributed by atoms with Crippen molar-refractivity contribution < 1.29 is 5.11 Å². The number of aliphatic imine (C=N–C) groups is 1. The first-order chi connectivity index (χ1) is 4.70. The minimum Gasteiger partial charge on any atom is -0.389 e. The zero-order valence-corrected chi connectivity index (χ0v) is 7.24. The van der Waals surface area contributed by atoms with Crippen LogP contribution in [-0.4, -0.2) is 22.5 Å². The molecule has 0 fully saturated rings. The Labute approximate surface area is 66.1 Å². The van der Waals surface area contributed by atoms with Gasteiger partial charge in [-0.3, -0.25) is 0 Å². The van der Waals surface area contributed by atoms with Crippen LogP contribution in [0.15, 0.2) is 17.3 Å².